The van der Waals surface area contributed by atoms with Crippen LogP contribution >= 0.6 is 0 Å². The Morgan fingerprint density at radius 1 is 1.50 bits per heavy atom. The van der Waals surface area contributed by atoms with Crippen molar-refractivity contribution in [3.8, 4) is 5.75 Å². The highest BCUT2D eigenvalue weighted by Crippen LogP contribution is 2.12. The van der Waals surface area contributed by atoms with Crippen molar-refractivity contribution >= 4 is 0 Å². The minimum Gasteiger partial charge on any atom is -0.490 e. The number of aliphatic hydroxyl groups is 1. The second kappa shape index (κ2) is 4.57. The molecular formula is C10H12O2. The molecule has 1 rings (SSSR count). The summed E-state index contributed by atoms with van der Waals surface area (Å²) in [5, 5.41) is 8.81. The lowest BCUT2D eigenvalue weighted by Crippen LogP contribution is -1.93. The summed E-state index contributed by atoms with van der Waals surface area (Å²) in [6, 6.07) is 7.36. The molecule has 0 radical (unpaired) electrons. The summed E-state index contributed by atoms with van der Waals surface area (Å²) >= 11 is 0. The van der Waals surface area contributed by atoms with Crippen LogP contribution in [0.4, 0.5) is 0 Å². The maximum Gasteiger partial charge on any atom is 0.120 e. The molecule has 64 valence electrons. The zero-order valence-corrected chi connectivity index (χ0v) is 6.86. The van der Waals surface area contributed by atoms with Gasteiger partial charge in [-0.2, -0.15) is 0 Å². The minimum absolute atomic E-state index is 0.0469. The quantitative estimate of drug-likeness (QED) is 0.687. The molecule has 0 amide bonds. The van der Waals surface area contributed by atoms with Crippen LogP contribution in [0.25, 0.3) is 0 Å². The molecule has 2 nitrogen and oxygen atoms in total. The topological polar surface area (TPSA) is 29.5 Å². The van der Waals surface area contributed by atoms with Crippen LogP contribution in [-0.2, 0) is 6.61 Å². The molecular weight excluding hydrogens is 152 g/mol. The van der Waals surface area contributed by atoms with Crippen LogP contribution in [0.5, 0.6) is 5.75 Å². The van der Waals surface area contributed by atoms with Gasteiger partial charge in [0.1, 0.15) is 12.4 Å². The van der Waals surface area contributed by atoms with E-state index in [0.29, 0.717) is 6.61 Å². The Kier molecular flexibility index (Phi) is 3.35. The minimum atomic E-state index is 0.0469. The van der Waals surface area contributed by atoms with Gasteiger partial charge in [-0.15, -0.1) is 0 Å². The van der Waals surface area contributed by atoms with Crippen LogP contribution < -0.4 is 4.74 Å². The predicted molar refractivity (Wildman–Crippen MR) is 48.1 cm³/mol. The SMILES string of the molecule is C=CCOc1cccc(CO)c1. The van der Waals surface area contributed by atoms with E-state index < -0.39 is 0 Å². The number of benzene rings is 1. The Morgan fingerprint density at radius 3 is 3.00 bits per heavy atom. The second-order valence-corrected chi connectivity index (χ2v) is 2.41. The van der Waals surface area contributed by atoms with Crippen molar-refractivity contribution in [2.45, 2.75) is 6.61 Å². The van der Waals surface area contributed by atoms with Crippen LogP contribution in [0.1, 0.15) is 5.56 Å². The number of hydrogen-bond acceptors (Lipinski definition) is 2. The van der Waals surface area contributed by atoms with Gasteiger partial charge in [-0.1, -0.05) is 24.8 Å². The van der Waals surface area contributed by atoms with Gasteiger partial charge in [0.25, 0.3) is 0 Å². The maximum atomic E-state index is 8.81. The van der Waals surface area contributed by atoms with Gasteiger partial charge in [-0.3, -0.25) is 0 Å². The van der Waals surface area contributed by atoms with Crippen molar-refractivity contribution in [2.75, 3.05) is 6.61 Å². The van der Waals surface area contributed by atoms with Gasteiger partial charge in [0.05, 0.1) is 6.61 Å². The van der Waals surface area contributed by atoms with Gasteiger partial charge in [0.15, 0.2) is 0 Å². The molecule has 0 unspecified atom stereocenters. The molecule has 0 aromatic heterocycles. The summed E-state index contributed by atoms with van der Waals surface area (Å²) in [5.41, 5.74) is 0.858. The molecule has 1 aromatic rings. The monoisotopic (exact) mass is 164 g/mol. The van der Waals surface area contributed by atoms with Crippen LogP contribution in [0.2, 0.25) is 0 Å². The summed E-state index contributed by atoms with van der Waals surface area (Å²) in [5.74, 6) is 0.765. The Hall–Kier alpha value is -1.28. The average Bonchev–Trinajstić information content (AvgIpc) is 2.15. The van der Waals surface area contributed by atoms with Crippen molar-refractivity contribution in [1.82, 2.24) is 0 Å². The zero-order chi connectivity index (χ0) is 8.81. The van der Waals surface area contributed by atoms with E-state index in [0.717, 1.165) is 11.3 Å². The summed E-state index contributed by atoms with van der Waals surface area (Å²) in [6.45, 7) is 4.09. The fraction of sp³-hybridized carbons (Fsp3) is 0.200. The smallest absolute Gasteiger partial charge is 0.120 e. The molecule has 0 fully saturated rings. The fourth-order valence-electron chi connectivity index (χ4n) is 0.889. The van der Waals surface area contributed by atoms with Gasteiger partial charge in [-0.25, -0.2) is 0 Å². The first-order valence-corrected chi connectivity index (χ1v) is 3.80. The van der Waals surface area contributed by atoms with Crippen LogP contribution in [0, 0.1) is 0 Å². The first-order chi connectivity index (χ1) is 5.86. The van der Waals surface area contributed by atoms with E-state index in [9.17, 15) is 0 Å². The van der Waals surface area contributed by atoms with Crippen LogP contribution in [0.3, 0.4) is 0 Å². The van der Waals surface area contributed by atoms with Gasteiger partial charge in [-0.05, 0) is 17.7 Å². The molecule has 2 heteroatoms. The molecule has 0 aliphatic carbocycles. The summed E-state index contributed by atoms with van der Waals surface area (Å²) in [6.07, 6.45) is 1.69. The fourth-order valence-corrected chi connectivity index (χ4v) is 0.889. The molecule has 0 saturated carbocycles. The Bertz CT molecular complexity index is 256. The molecule has 0 saturated heterocycles. The lowest BCUT2D eigenvalue weighted by Gasteiger charge is -2.03. The number of ether oxygens (including phenoxy) is 1. The summed E-state index contributed by atoms with van der Waals surface area (Å²) in [4.78, 5) is 0. The highest BCUT2D eigenvalue weighted by atomic mass is 16.5. The number of rotatable bonds is 4. The summed E-state index contributed by atoms with van der Waals surface area (Å²) in [7, 11) is 0. The third-order valence-corrected chi connectivity index (χ3v) is 1.45. The van der Waals surface area contributed by atoms with E-state index in [1.54, 1.807) is 6.08 Å². The maximum absolute atomic E-state index is 8.81. The molecule has 12 heavy (non-hydrogen) atoms. The van der Waals surface area contributed by atoms with E-state index >= 15 is 0 Å². The van der Waals surface area contributed by atoms with Crippen molar-refractivity contribution in [1.29, 1.82) is 0 Å². The largest absolute Gasteiger partial charge is 0.490 e. The number of hydrogen-bond donors (Lipinski definition) is 1. The molecule has 1 aromatic carbocycles. The second-order valence-electron chi connectivity index (χ2n) is 2.41. The van der Waals surface area contributed by atoms with Gasteiger partial charge in [0, 0.05) is 0 Å². The van der Waals surface area contributed by atoms with E-state index in [2.05, 4.69) is 6.58 Å². The Balaban J connectivity index is 2.65. The van der Waals surface area contributed by atoms with Crippen molar-refractivity contribution in [3.63, 3.8) is 0 Å². The molecule has 0 bridgehead atoms. The van der Waals surface area contributed by atoms with Crippen molar-refractivity contribution in [3.05, 3.63) is 42.5 Å². The molecule has 0 heterocycles. The number of aliphatic hydroxyl groups excluding tert-OH is 1. The summed E-state index contributed by atoms with van der Waals surface area (Å²) < 4.78 is 5.27. The third-order valence-electron chi connectivity index (χ3n) is 1.45. The van der Waals surface area contributed by atoms with Gasteiger partial charge in [0.2, 0.25) is 0 Å². The molecule has 0 atom stereocenters. The zero-order valence-electron chi connectivity index (χ0n) is 6.86. The van der Waals surface area contributed by atoms with E-state index in [1.807, 2.05) is 24.3 Å². The highest BCUT2D eigenvalue weighted by Gasteiger charge is 1.93. The van der Waals surface area contributed by atoms with E-state index in [4.69, 9.17) is 9.84 Å². The van der Waals surface area contributed by atoms with Crippen LogP contribution in [0.15, 0.2) is 36.9 Å². The predicted octanol–water partition coefficient (Wildman–Crippen LogP) is 1.74. The highest BCUT2D eigenvalue weighted by molar-refractivity contribution is 5.28. The van der Waals surface area contributed by atoms with Crippen molar-refractivity contribution < 1.29 is 9.84 Å². The first-order valence-electron chi connectivity index (χ1n) is 3.80. The van der Waals surface area contributed by atoms with E-state index in [-0.39, 0.29) is 6.61 Å². The lowest BCUT2D eigenvalue weighted by atomic mass is 10.2. The lowest BCUT2D eigenvalue weighted by molar-refractivity contribution is 0.280. The normalized spacial score (nSPS) is 9.42. The molecule has 1 N–H and O–H groups in total. The Morgan fingerprint density at radius 2 is 2.33 bits per heavy atom. The van der Waals surface area contributed by atoms with E-state index in [1.165, 1.54) is 0 Å². The van der Waals surface area contributed by atoms with Crippen molar-refractivity contribution in [2.24, 2.45) is 0 Å². The Labute approximate surface area is 72.1 Å². The van der Waals surface area contributed by atoms with Crippen LogP contribution in [-0.4, -0.2) is 11.7 Å². The molecule has 0 aliphatic rings. The molecule has 0 aliphatic heterocycles. The van der Waals surface area contributed by atoms with Gasteiger partial charge >= 0.3 is 0 Å². The van der Waals surface area contributed by atoms with Gasteiger partial charge < -0.3 is 9.84 Å². The standard InChI is InChI=1S/C10H12O2/c1-2-6-12-10-5-3-4-9(7-10)8-11/h2-5,7,11H,1,6,8H2. The average molecular weight is 164 g/mol. The first kappa shape index (κ1) is 8.81. The molecule has 0 spiro atoms. The third kappa shape index (κ3) is 2.40.